The quantitative estimate of drug-likeness (QED) is 0.845. The number of carbonyl (C=O) groups excluding carboxylic acids is 2. The molecule has 1 aliphatic rings. The maximum atomic E-state index is 12.7. The highest BCUT2D eigenvalue weighted by Crippen LogP contribution is 2.25. The standard InChI is InChI=1S/C20H26N4O2S/c1-20(2,3)24-11-6-15(7-12-24)22-19(26)17-16(8-13-27-17)23-18(25)14-4-9-21-10-5-14/h4-5,8-10,13,15H,6-7,11-12H2,1-3H3,(H,22,26)(H,23,25). The third-order valence-corrected chi connectivity index (χ3v) is 5.75. The number of nitrogens with zero attached hydrogens (tertiary/aromatic N) is 2. The van der Waals surface area contributed by atoms with Gasteiger partial charge in [-0.1, -0.05) is 0 Å². The van der Waals surface area contributed by atoms with Crippen molar-refractivity contribution in [1.29, 1.82) is 0 Å². The van der Waals surface area contributed by atoms with Crippen LogP contribution < -0.4 is 10.6 Å². The minimum atomic E-state index is -0.247. The van der Waals surface area contributed by atoms with Crippen LogP contribution in [0.5, 0.6) is 0 Å². The predicted molar refractivity (Wildman–Crippen MR) is 108 cm³/mol. The number of aromatic nitrogens is 1. The lowest BCUT2D eigenvalue weighted by molar-refractivity contribution is 0.0816. The zero-order chi connectivity index (χ0) is 19.4. The van der Waals surface area contributed by atoms with Crippen LogP contribution in [0.2, 0.25) is 0 Å². The molecule has 6 nitrogen and oxygen atoms in total. The molecule has 1 aliphatic heterocycles. The van der Waals surface area contributed by atoms with Crippen LogP contribution in [-0.2, 0) is 0 Å². The van der Waals surface area contributed by atoms with Gasteiger partial charge in [-0.15, -0.1) is 11.3 Å². The molecule has 27 heavy (non-hydrogen) atoms. The first-order chi connectivity index (χ1) is 12.8. The summed E-state index contributed by atoms with van der Waals surface area (Å²) >= 11 is 1.34. The molecule has 2 amide bonds. The second kappa shape index (κ2) is 8.19. The van der Waals surface area contributed by atoms with Gasteiger partial charge in [0.15, 0.2) is 0 Å². The summed E-state index contributed by atoms with van der Waals surface area (Å²) in [7, 11) is 0. The number of nitrogens with one attached hydrogen (secondary N) is 2. The Morgan fingerprint density at radius 2 is 1.78 bits per heavy atom. The van der Waals surface area contributed by atoms with Gasteiger partial charge in [0.05, 0.1) is 5.69 Å². The molecule has 0 atom stereocenters. The van der Waals surface area contributed by atoms with E-state index in [1.54, 1.807) is 30.6 Å². The molecule has 3 heterocycles. The molecule has 2 aromatic rings. The van der Waals surface area contributed by atoms with Gasteiger partial charge in [-0.25, -0.2) is 0 Å². The summed E-state index contributed by atoms with van der Waals surface area (Å²) < 4.78 is 0. The number of thiophene rings is 1. The third-order valence-electron chi connectivity index (χ3n) is 4.84. The summed E-state index contributed by atoms with van der Waals surface area (Å²) in [5, 5.41) is 7.78. The minimum absolute atomic E-state index is 0.121. The highest BCUT2D eigenvalue weighted by Gasteiger charge is 2.28. The van der Waals surface area contributed by atoms with Crippen molar-refractivity contribution in [3.8, 4) is 0 Å². The highest BCUT2D eigenvalue weighted by atomic mass is 32.1. The van der Waals surface area contributed by atoms with Gasteiger partial charge in [0.2, 0.25) is 0 Å². The number of hydrogen-bond acceptors (Lipinski definition) is 5. The maximum absolute atomic E-state index is 12.7. The van der Waals surface area contributed by atoms with Gasteiger partial charge in [-0.05, 0) is 57.2 Å². The lowest BCUT2D eigenvalue weighted by Gasteiger charge is -2.41. The number of carbonyl (C=O) groups is 2. The van der Waals surface area contributed by atoms with Gasteiger partial charge < -0.3 is 10.6 Å². The van der Waals surface area contributed by atoms with E-state index in [0.29, 0.717) is 16.1 Å². The van der Waals surface area contributed by atoms with Crippen molar-refractivity contribution in [1.82, 2.24) is 15.2 Å². The molecule has 0 aromatic carbocycles. The summed E-state index contributed by atoms with van der Waals surface area (Å²) in [5.74, 6) is -0.368. The Morgan fingerprint density at radius 3 is 2.41 bits per heavy atom. The number of piperidine rings is 1. The van der Waals surface area contributed by atoms with Gasteiger partial charge in [0.25, 0.3) is 11.8 Å². The van der Waals surface area contributed by atoms with E-state index in [9.17, 15) is 9.59 Å². The summed E-state index contributed by atoms with van der Waals surface area (Å²) in [4.78, 5) is 31.9. The summed E-state index contributed by atoms with van der Waals surface area (Å²) in [5.41, 5.74) is 1.22. The smallest absolute Gasteiger partial charge is 0.263 e. The summed E-state index contributed by atoms with van der Waals surface area (Å²) in [6.45, 7) is 8.61. The van der Waals surface area contributed by atoms with Crippen molar-refractivity contribution >= 4 is 28.8 Å². The van der Waals surface area contributed by atoms with Crippen molar-refractivity contribution in [2.45, 2.75) is 45.2 Å². The molecule has 0 bridgehead atoms. The second-order valence-corrected chi connectivity index (χ2v) is 8.68. The Labute approximate surface area is 164 Å². The van der Waals surface area contributed by atoms with Crippen LogP contribution >= 0.6 is 11.3 Å². The van der Waals surface area contributed by atoms with Crippen LogP contribution in [0.25, 0.3) is 0 Å². The molecule has 0 aliphatic carbocycles. The number of rotatable bonds is 4. The molecular formula is C20H26N4O2S. The van der Waals surface area contributed by atoms with Crippen LogP contribution in [-0.4, -0.2) is 46.4 Å². The Morgan fingerprint density at radius 1 is 1.11 bits per heavy atom. The molecule has 7 heteroatoms. The molecule has 0 spiro atoms. The molecule has 0 saturated carbocycles. The number of anilines is 1. The molecule has 2 aromatic heterocycles. The average molecular weight is 387 g/mol. The second-order valence-electron chi connectivity index (χ2n) is 7.76. The van der Waals surface area contributed by atoms with Crippen molar-refractivity contribution < 1.29 is 9.59 Å². The first-order valence-corrected chi connectivity index (χ1v) is 10.1. The largest absolute Gasteiger partial charge is 0.348 e. The van der Waals surface area contributed by atoms with Crippen LogP contribution in [0.4, 0.5) is 5.69 Å². The number of amides is 2. The fraction of sp³-hybridized carbons (Fsp3) is 0.450. The van der Waals surface area contributed by atoms with E-state index in [-0.39, 0.29) is 23.4 Å². The number of likely N-dealkylation sites (tertiary alicyclic amines) is 1. The van der Waals surface area contributed by atoms with Crippen LogP contribution in [0.1, 0.15) is 53.6 Å². The molecule has 3 rings (SSSR count). The first-order valence-electron chi connectivity index (χ1n) is 9.19. The summed E-state index contributed by atoms with van der Waals surface area (Å²) in [6.07, 6.45) is 5.01. The average Bonchev–Trinajstić information content (AvgIpc) is 3.10. The SMILES string of the molecule is CC(C)(C)N1CCC(NC(=O)c2sccc2NC(=O)c2ccncc2)CC1. The molecule has 0 radical (unpaired) electrons. The van der Waals surface area contributed by atoms with E-state index in [1.807, 2.05) is 5.38 Å². The van der Waals surface area contributed by atoms with E-state index >= 15 is 0 Å². The molecular weight excluding hydrogens is 360 g/mol. The maximum Gasteiger partial charge on any atom is 0.263 e. The zero-order valence-electron chi connectivity index (χ0n) is 16.0. The van der Waals surface area contributed by atoms with E-state index in [2.05, 4.69) is 41.3 Å². The molecule has 144 valence electrons. The Balaban J connectivity index is 1.59. The normalized spacial score (nSPS) is 16.1. The van der Waals surface area contributed by atoms with Gasteiger partial charge >= 0.3 is 0 Å². The monoisotopic (exact) mass is 386 g/mol. The van der Waals surface area contributed by atoms with Crippen LogP contribution in [0.15, 0.2) is 36.0 Å². The van der Waals surface area contributed by atoms with Gasteiger partial charge in [-0.2, -0.15) is 0 Å². The number of pyridine rings is 1. The van der Waals surface area contributed by atoms with E-state index < -0.39 is 0 Å². The van der Waals surface area contributed by atoms with E-state index in [1.165, 1.54) is 11.3 Å². The molecule has 1 fully saturated rings. The van der Waals surface area contributed by atoms with Gasteiger partial charge in [0, 0.05) is 42.6 Å². The van der Waals surface area contributed by atoms with E-state index in [4.69, 9.17) is 0 Å². The van der Waals surface area contributed by atoms with Gasteiger partial charge in [0.1, 0.15) is 4.88 Å². The van der Waals surface area contributed by atoms with Crippen molar-refractivity contribution in [2.24, 2.45) is 0 Å². The number of hydrogen-bond donors (Lipinski definition) is 2. The first kappa shape index (κ1) is 19.5. The highest BCUT2D eigenvalue weighted by molar-refractivity contribution is 7.12. The fourth-order valence-corrected chi connectivity index (χ4v) is 3.98. The van der Waals surface area contributed by atoms with Crippen molar-refractivity contribution in [3.63, 3.8) is 0 Å². The Kier molecular flexibility index (Phi) is 5.92. The topological polar surface area (TPSA) is 74.3 Å². The van der Waals surface area contributed by atoms with Crippen molar-refractivity contribution in [2.75, 3.05) is 18.4 Å². The zero-order valence-corrected chi connectivity index (χ0v) is 16.8. The lowest BCUT2D eigenvalue weighted by atomic mass is 9.98. The third kappa shape index (κ3) is 4.93. The van der Waals surface area contributed by atoms with Crippen molar-refractivity contribution in [3.05, 3.63) is 46.4 Å². The minimum Gasteiger partial charge on any atom is -0.348 e. The molecule has 0 unspecified atom stereocenters. The summed E-state index contributed by atoms with van der Waals surface area (Å²) in [6, 6.07) is 5.22. The fourth-order valence-electron chi connectivity index (χ4n) is 3.23. The molecule has 1 saturated heterocycles. The molecule has 2 N–H and O–H groups in total. The van der Waals surface area contributed by atoms with Crippen LogP contribution in [0.3, 0.4) is 0 Å². The van der Waals surface area contributed by atoms with E-state index in [0.717, 1.165) is 25.9 Å². The van der Waals surface area contributed by atoms with Crippen LogP contribution in [0, 0.1) is 0 Å². The predicted octanol–water partition coefficient (Wildman–Crippen LogP) is 3.39. The van der Waals surface area contributed by atoms with Gasteiger partial charge in [-0.3, -0.25) is 19.5 Å². The Bertz CT molecular complexity index is 790. The Hall–Kier alpha value is -2.25. The lowest BCUT2D eigenvalue weighted by Crippen LogP contribution is -2.50.